The van der Waals surface area contributed by atoms with Gasteiger partial charge in [-0.05, 0) is 25.1 Å². The van der Waals surface area contributed by atoms with E-state index < -0.39 is 0 Å². The molecule has 0 spiro atoms. The van der Waals surface area contributed by atoms with Gasteiger partial charge >= 0.3 is 0 Å². The van der Waals surface area contributed by atoms with Crippen LogP contribution in [-0.2, 0) is 4.79 Å². The molecule has 114 valence electrons. The SMILES string of the molecule is CCCNCCNC(=O)COc1ccc(Cl)c(Cl)c1.Cl. The van der Waals surface area contributed by atoms with Crippen LogP contribution in [-0.4, -0.2) is 32.1 Å². The Labute approximate surface area is 135 Å². The highest BCUT2D eigenvalue weighted by molar-refractivity contribution is 6.42. The van der Waals surface area contributed by atoms with Gasteiger partial charge in [-0.1, -0.05) is 30.1 Å². The second-order valence-corrected chi connectivity index (χ2v) is 4.78. The fourth-order valence-electron chi connectivity index (χ4n) is 1.36. The van der Waals surface area contributed by atoms with E-state index in [4.69, 9.17) is 27.9 Å². The normalized spacial score (nSPS) is 9.75. The Morgan fingerprint density at radius 1 is 1.20 bits per heavy atom. The largest absolute Gasteiger partial charge is 0.484 e. The van der Waals surface area contributed by atoms with Crippen LogP contribution >= 0.6 is 35.6 Å². The van der Waals surface area contributed by atoms with Crippen molar-refractivity contribution in [2.24, 2.45) is 0 Å². The molecule has 1 rings (SSSR count). The van der Waals surface area contributed by atoms with E-state index in [1.807, 2.05) is 0 Å². The smallest absolute Gasteiger partial charge is 0.257 e. The maximum atomic E-state index is 11.5. The van der Waals surface area contributed by atoms with Crippen LogP contribution in [0.25, 0.3) is 0 Å². The fraction of sp³-hybridized carbons (Fsp3) is 0.462. The molecule has 0 unspecified atom stereocenters. The summed E-state index contributed by atoms with van der Waals surface area (Å²) in [5.41, 5.74) is 0. The third-order valence-corrected chi connectivity index (χ3v) is 3.05. The van der Waals surface area contributed by atoms with E-state index in [9.17, 15) is 4.79 Å². The van der Waals surface area contributed by atoms with Gasteiger partial charge in [-0.25, -0.2) is 0 Å². The lowest BCUT2D eigenvalue weighted by atomic mass is 10.3. The summed E-state index contributed by atoms with van der Waals surface area (Å²) in [6.07, 6.45) is 1.08. The predicted molar refractivity (Wildman–Crippen MR) is 85.4 cm³/mol. The van der Waals surface area contributed by atoms with Gasteiger partial charge in [0.05, 0.1) is 10.0 Å². The van der Waals surface area contributed by atoms with Crippen LogP contribution in [0, 0.1) is 0 Å². The summed E-state index contributed by atoms with van der Waals surface area (Å²) in [5.74, 6) is 0.359. The Bertz CT molecular complexity index is 417. The van der Waals surface area contributed by atoms with Crippen LogP contribution in [0.15, 0.2) is 18.2 Å². The molecule has 7 heteroatoms. The summed E-state index contributed by atoms with van der Waals surface area (Å²) < 4.78 is 5.31. The molecule has 0 atom stereocenters. The highest BCUT2D eigenvalue weighted by Crippen LogP contribution is 2.26. The Morgan fingerprint density at radius 2 is 1.95 bits per heavy atom. The summed E-state index contributed by atoms with van der Waals surface area (Å²) in [6.45, 7) is 4.36. The molecular weight excluding hydrogens is 323 g/mol. The van der Waals surface area contributed by atoms with E-state index in [1.54, 1.807) is 18.2 Å². The number of amides is 1. The molecule has 1 aromatic rings. The standard InChI is InChI=1S/C13H18Cl2N2O2.ClH/c1-2-5-16-6-7-17-13(18)9-19-10-3-4-11(14)12(15)8-10;/h3-4,8,16H,2,5-7,9H2,1H3,(H,17,18);1H. The van der Waals surface area contributed by atoms with Crippen LogP contribution < -0.4 is 15.4 Å². The van der Waals surface area contributed by atoms with Crippen LogP contribution in [0.4, 0.5) is 0 Å². The van der Waals surface area contributed by atoms with E-state index >= 15 is 0 Å². The minimum atomic E-state index is -0.163. The molecule has 0 fully saturated rings. The van der Waals surface area contributed by atoms with Gasteiger partial charge in [0.25, 0.3) is 5.91 Å². The van der Waals surface area contributed by atoms with Crippen molar-refractivity contribution >= 4 is 41.5 Å². The van der Waals surface area contributed by atoms with Gasteiger partial charge in [0.1, 0.15) is 5.75 Å². The Morgan fingerprint density at radius 3 is 2.60 bits per heavy atom. The van der Waals surface area contributed by atoms with Crippen molar-refractivity contribution in [1.29, 1.82) is 0 Å². The summed E-state index contributed by atoms with van der Waals surface area (Å²) in [6, 6.07) is 4.88. The third-order valence-electron chi connectivity index (χ3n) is 2.31. The number of ether oxygens (including phenoxy) is 1. The number of carbonyl (C=O) groups excluding carboxylic acids is 1. The summed E-state index contributed by atoms with van der Waals surface area (Å²) in [5, 5.41) is 6.81. The zero-order valence-corrected chi connectivity index (χ0v) is 13.6. The molecule has 1 aromatic carbocycles. The van der Waals surface area contributed by atoms with Crippen LogP contribution in [0.3, 0.4) is 0 Å². The van der Waals surface area contributed by atoms with Gasteiger partial charge in [-0.3, -0.25) is 4.79 Å². The van der Waals surface area contributed by atoms with E-state index in [2.05, 4.69) is 17.6 Å². The molecule has 2 N–H and O–H groups in total. The van der Waals surface area contributed by atoms with Gasteiger partial charge < -0.3 is 15.4 Å². The van der Waals surface area contributed by atoms with Crippen molar-refractivity contribution in [1.82, 2.24) is 10.6 Å². The number of nitrogens with one attached hydrogen (secondary N) is 2. The van der Waals surface area contributed by atoms with Gasteiger partial charge in [-0.15, -0.1) is 12.4 Å². The first-order valence-corrected chi connectivity index (χ1v) is 6.94. The minimum absolute atomic E-state index is 0. The maximum Gasteiger partial charge on any atom is 0.257 e. The number of halogens is 3. The molecule has 0 bridgehead atoms. The molecule has 0 saturated carbocycles. The van der Waals surface area contributed by atoms with E-state index in [0.29, 0.717) is 22.3 Å². The van der Waals surface area contributed by atoms with Crippen molar-refractivity contribution in [3.8, 4) is 5.75 Å². The van der Waals surface area contributed by atoms with Crippen LogP contribution in [0.2, 0.25) is 10.0 Å². The summed E-state index contributed by atoms with van der Waals surface area (Å²) in [4.78, 5) is 11.5. The number of benzene rings is 1. The molecular formula is C13H19Cl3N2O2. The number of hydrogen-bond donors (Lipinski definition) is 2. The highest BCUT2D eigenvalue weighted by Gasteiger charge is 2.04. The van der Waals surface area contributed by atoms with Gasteiger partial charge in [0, 0.05) is 19.2 Å². The van der Waals surface area contributed by atoms with E-state index in [0.717, 1.165) is 19.5 Å². The number of rotatable bonds is 8. The van der Waals surface area contributed by atoms with Gasteiger partial charge in [-0.2, -0.15) is 0 Å². The van der Waals surface area contributed by atoms with Gasteiger partial charge in [0.15, 0.2) is 6.61 Å². The average molecular weight is 342 g/mol. The van der Waals surface area contributed by atoms with Crippen LogP contribution in [0.5, 0.6) is 5.75 Å². The Balaban J connectivity index is 0.00000361. The molecule has 4 nitrogen and oxygen atoms in total. The predicted octanol–water partition coefficient (Wildman–Crippen LogP) is 2.91. The van der Waals surface area contributed by atoms with Crippen molar-refractivity contribution in [3.05, 3.63) is 28.2 Å². The average Bonchev–Trinajstić information content (AvgIpc) is 2.40. The lowest BCUT2D eigenvalue weighted by molar-refractivity contribution is -0.123. The highest BCUT2D eigenvalue weighted by atomic mass is 35.5. The molecule has 0 saturated heterocycles. The van der Waals surface area contributed by atoms with E-state index in [1.165, 1.54) is 0 Å². The molecule has 0 aliphatic rings. The lowest BCUT2D eigenvalue weighted by Crippen LogP contribution is -2.35. The molecule has 0 radical (unpaired) electrons. The second kappa shape index (κ2) is 11.0. The molecule has 20 heavy (non-hydrogen) atoms. The fourth-order valence-corrected chi connectivity index (χ4v) is 1.65. The van der Waals surface area contributed by atoms with Gasteiger partial charge in [0.2, 0.25) is 0 Å². The van der Waals surface area contributed by atoms with Crippen molar-refractivity contribution in [2.75, 3.05) is 26.2 Å². The molecule has 1 amide bonds. The van der Waals surface area contributed by atoms with Crippen molar-refractivity contribution in [2.45, 2.75) is 13.3 Å². The molecule has 0 heterocycles. The topological polar surface area (TPSA) is 50.4 Å². The molecule has 0 aromatic heterocycles. The first-order chi connectivity index (χ1) is 9.13. The van der Waals surface area contributed by atoms with Crippen molar-refractivity contribution < 1.29 is 9.53 Å². The summed E-state index contributed by atoms with van der Waals surface area (Å²) in [7, 11) is 0. The molecule has 0 aliphatic heterocycles. The third kappa shape index (κ3) is 7.80. The molecule has 0 aliphatic carbocycles. The first kappa shape index (κ1) is 19.3. The van der Waals surface area contributed by atoms with E-state index in [-0.39, 0.29) is 24.9 Å². The minimum Gasteiger partial charge on any atom is -0.484 e. The Kier molecular flexibility index (Phi) is 10.7. The zero-order valence-electron chi connectivity index (χ0n) is 11.2. The number of hydrogen-bond acceptors (Lipinski definition) is 3. The quantitative estimate of drug-likeness (QED) is 0.715. The maximum absolute atomic E-state index is 11.5. The second-order valence-electron chi connectivity index (χ2n) is 3.96. The van der Waals surface area contributed by atoms with Crippen molar-refractivity contribution in [3.63, 3.8) is 0 Å². The first-order valence-electron chi connectivity index (χ1n) is 6.18. The Hall–Kier alpha value is -0.680. The zero-order chi connectivity index (χ0) is 14.1. The lowest BCUT2D eigenvalue weighted by Gasteiger charge is -2.08. The summed E-state index contributed by atoms with van der Waals surface area (Å²) >= 11 is 11.6. The monoisotopic (exact) mass is 340 g/mol. The van der Waals surface area contributed by atoms with Crippen LogP contribution in [0.1, 0.15) is 13.3 Å². The number of carbonyl (C=O) groups is 1.